The van der Waals surface area contributed by atoms with Crippen LogP contribution < -0.4 is 16.0 Å². The first-order valence-electron chi connectivity index (χ1n) is 12.8. The van der Waals surface area contributed by atoms with Crippen LogP contribution in [0.5, 0.6) is 0 Å². The summed E-state index contributed by atoms with van der Waals surface area (Å²) in [4.78, 5) is 75.2. The van der Waals surface area contributed by atoms with Gasteiger partial charge in [-0.15, -0.1) is 5.06 Å². The normalized spacial score (nSPS) is 23.6. The lowest BCUT2D eigenvalue weighted by atomic mass is 10.0. The summed E-state index contributed by atoms with van der Waals surface area (Å²) in [6, 6.07) is 0.237. The average molecular weight is 657 g/mol. The van der Waals surface area contributed by atoms with Gasteiger partial charge in [0, 0.05) is 28.9 Å². The Kier molecular flexibility index (Phi) is 12.9. The summed E-state index contributed by atoms with van der Waals surface area (Å²) >= 11 is 1.84. The molecule has 5 amide bonds. The molecule has 3 rings (SSSR count). The van der Waals surface area contributed by atoms with E-state index in [1.54, 1.807) is 0 Å². The van der Waals surface area contributed by atoms with Crippen LogP contribution in [0, 0.1) is 0 Å². The molecule has 4 atom stereocenters. The van der Waals surface area contributed by atoms with Crippen LogP contribution in [0.1, 0.15) is 44.9 Å². The Morgan fingerprint density at radius 1 is 1.05 bits per heavy atom. The number of rotatable bonds is 17. The summed E-state index contributed by atoms with van der Waals surface area (Å²) in [5, 5.41) is 7.00. The van der Waals surface area contributed by atoms with Gasteiger partial charge in [-0.2, -0.15) is 20.2 Å². The van der Waals surface area contributed by atoms with E-state index in [1.807, 2.05) is 11.8 Å². The molecule has 0 saturated carbocycles. The van der Waals surface area contributed by atoms with Gasteiger partial charge < -0.3 is 25.5 Å². The second-order valence-electron chi connectivity index (χ2n) is 9.28. The van der Waals surface area contributed by atoms with Crippen LogP contribution in [0.4, 0.5) is 4.79 Å². The van der Waals surface area contributed by atoms with Crippen LogP contribution in [-0.4, -0.2) is 107 Å². The van der Waals surface area contributed by atoms with Gasteiger partial charge in [-0.05, 0) is 12.8 Å². The zero-order chi connectivity index (χ0) is 30.0. The van der Waals surface area contributed by atoms with Crippen LogP contribution in [0.3, 0.4) is 0 Å². The highest BCUT2D eigenvalue weighted by Gasteiger charge is 2.48. The van der Waals surface area contributed by atoms with Crippen molar-refractivity contribution in [2.75, 3.05) is 30.4 Å². The number of carbonyl (C=O) groups is 6. The van der Waals surface area contributed by atoms with E-state index in [0.717, 1.165) is 25.0 Å². The highest BCUT2D eigenvalue weighted by atomic mass is 33.1. The van der Waals surface area contributed by atoms with Crippen molar-refractivity contribution in [3.8, 4) is 0 Å². The van der Waals surface area contributed by atoms with Gasteiger partial charge in [0.2, 0.25) is 5.91 Å². The smallest absolute Gasteiger partial charge is 0.334 e. The van der Waals surface area contributed by atoms with Crippen molar-refractivity contribution in [3.63, 3.8) is 0 Å². The number of thioether (sulfide) groups is 1. The summed E-state index contributed by atoms with van der Waals surface area (Å²) in [7, 11) is -2.25. The van der Waals surface area contributed by atoms with Gasteiger partial charge in [0.15, 0.2) is 5.25 Å². The Labute approximate surface area is 248 Å². The number of nitrogens with zero attached hydrogens (tertiary/aromatic N) is 1. The summed E-state index contributed by atoms with van der Waals surface area (Å²) in [5.41, 5.74) is 0. The van der Waals surface area contributed by atoms with E-state index in [9.17, 15) is 37.2 Å². The summed E-state index contributed by atoms with van der Waals surface area (Å²) in [6.45, 7) is 0.261. The van der Waals surface area contributed by atoms with Crippen molar-refractivity contribution < 1.29 is 51.3 Å². The van der Waals surface area contributed by atoms with E-state index in [2.05, 4.69) is 20.8 Å². The van der Waals surface area contributed by atoms with Gasteiger partial charge >= 0.3 is 18.0 Å². The van der Waals surface area contributed by atoms with Crippen molar-refractivity contribution in [1.29, 1.82) is 0 Å². The zero-order valence-electron chi connectivity index (χ0n) is 21.9. The zero-order valence-corrected chi connectivity index (χ0v) is 25.2. The van der Waals surface area contributed by atoms with Gasteiger partial charge in [0.1, 0.15) is 6.61 Å². The maximum Gasteiger partial charge on any atom is 0.334 e. The van der Waals surface area contributed by atoms with Crippen molar-refractivity contribution >= 4 is 79.2 Å². The third kappa shape index (κ3) is 10.5. The molecule has 0 unspecified atom stereocenters. The molecule has 0 aromatic rings. The van der Waals surface area contributed by atoms with Crippen molar-refractivity contribution in [3.05, 3.63) is 0 Å². The maximum atomic E-state index is 12.0. The molecule has 15 nitrogen and oxygen atoms in total. The number of hydrogen-bond acceptors (Lipinski definition) is 13. The lowest BCUT2D eigenvalue weighted by Gasteiger charge is -2.16. The van der Waals surface area contributed by atoms with Gasteiger partial charge in [0.05, 0.1) is 37.9 Å². The molecule has 230 valence electrons. The maximum absolute atomic E-state index is 12.0. The average Bonchev–Trinajstić information content (AvgIpc) is 3.54. The molecule has 41 heavy (non-hydrogen) atoms. The van der Waals surface area contributed by atoms with E-state index < -0.39 is 45.5 Å². The minimum Gasteiger partial charge on any atom is -0.464 e. The Morgan fingerprint density at radius 3 is 2.44 bits per heavy atom. The predicted molar refractivity (Wildman–Crippen MR) is 150 cm³/mol. The molecule has 0 aromatic carbocycles. The molecule has 3 fully saturated rings. The summed E-state index contributed by atoms with van der Waals surface area (Å²) < 4.78 is 36.2. The molecule has 19 heteroatoms. The molecule has 3 saturated heterocycles. The SMILES string of the molecule is O=C(CCCC[C@H]1SC[C@@H]2NC(=O)N[C@H]21)NCCOC(=O)CCSSCCC(=O)ON1C(=O)C[C@H](S(=O)(=O)O)C1=O. The highest BCUT2D eigenvalue weighted by molar-refractivity contribution is 8.76. The minimum absolute atomic E-state index is 0.0507. The van der Waals surface area contributed by atoms with Crippen LogP contribution >= 0.6 is 33.3 Å². The number of carbonyl (C=O) groups excluding carboxylic acids is 6. The third-order valence-electron chi connectivity index (χ3n) is 6.25. The number of imide groups is 1. The summed E-state index contributed by atoms with van der Waals surface area (Å²) in [5.74, 6) is -2.32. The molecule has 3 aliphatic rings. The Balaban J connectivity index is 1.13. The number of unbranched alkanes of at least 4 members (excludes halogenated alkanes) is 1. The lowest BCUT2D eigenvalue weighted by molar-refractivity contribution is -0.197. The number of hydrogen-bond donors (Lipinski definition) is 4. The monoisotopic (exact) mass is 656 g/mol. The van der Waals surface area contributed by atoms with Gasteiger partial charge in [0.25, 0.3) is 21.9 Å². The van der Waals surface area contributed by atoms with Crippen LogP contribution in [-0.2, 0) is 43.7 Å². The highest BCUT2D eigenvalue weighted by Crippen LogP contribution is 2.33. The molecule has 0 aromatic heterocycles. The van der Waals surface area contributed by atoms with Crippen molar-refractivity contribution in [2.24, 2.45) is 0 Å². The molecule has 0 aliphatic carbocycles. The first kappa shape index (κ1) is 33.3. The number of nitrogens with one attached hydrogen (secondary N) is 3. The first-order chi connectivity index (χ1) is 19.5. The van der Waals surface area contributed by atoms with Gasteiger partial charge in [-0.3, -0.25) is 23.7 Å². The number of ether oxygens (including phenoxy) is 1. The molecular formula is C22H32N4O11S4. The van der Waals surface area contributed by atoms with E-state index in [1.165, 1.54) is 21.6 Å². The van der Waals surface area contributed by atoms with E-state index >= 15 is 0 Å². The van der Waals surface area contributed by atoms with Gasteiger partial charge in [-0.25, -0.2) is 9.59 Å². The minimum atomic E-state index is -4.79. The molecule has 0 spiro atoms. The summed E-state index contributed by atoms with van der Waals surface area (Å²) in [6.07, 6.45) is 2.04. The van der Waals surface area contributed by atoms with Crippen LogP contribution in [0.2, 0.25) is 0 Å². The van der Waals surface area contributed by atoms with Gasteiger partial charge in [-0.1, -0.05) is 28.0 Å². The molecular weight excluding hydrogens is 625 g/mol. The standard InChI is InChI=1S/C22H32N4O11S4/c27-16(4-2-1-3-14-20-13(12-38-14)24-22(32)25-20)23-7-8-36-18(29)5-9-39-40-10-6-19(30)37-26-17(28)11-15(21(26)31)41(33,34)35/h13-15,20H,1-12H2,(H,23,27)(H2,24,25,32)(H,33,34,35)/t13-,14+,15-,20+/m0/s1. The van der Waals surface area contributed by atoms with Crippen LogP contribution in [0.15, 0.2) is 0 Å². The molecule has 3 heterocycles. The molecule has 3 aliphatic heterocycles. The lowest BCUT2D eigenvalue weighted by Crippen LogP contribution is -2.36. The topological polar surface area (TPSA) is 215 Å². The first-order valence-corrected chi connectivity index (χ1v) is 17.9. The molecule has 0 radical (unpaired) electrons. The fraction of sp³-hybridized carbons (Fsp3) is 0.727. The third-order valence-corrected chi connectivity index (χ3v) is 11.2. The second kappa shape index (κ2) is 15.9. The number of amides is 5. The fourth-order valence-electron chi connectivity index (χ4n) is 4.22. The Hall–Kier alpha value is -2.22. The Morgan fingerprint density at radius 2 is 1.76 bits per heavy atom. The number of esters is 1. The quantitative estimate of drug-likeness (QED) is 0.0405. The van der Waals surface area contributed by atoms with E-state index in [0.29, 0.717) is 17.4 Å². The predicted octanol–water partition coefficient (Wildman–Crippen LogP) is 0.00670. The van der Waals surface area contributed by atoms with Crippen molar-refractivity contribution in [2.45, 2.75) is 67.5 Å². The molecule has 4 N–H and O–H groups in total. The van der Waals surface area contributed by atoms with Crippen LogP contribution in [0.25, 0.3) is 0 Å². The van der Waals surface area contributed by atoms with E-state index in [-0.39, 0.29) is 60.8 Å². The fourth-order valence-corrected chi connectivity index (χ4v) is 8.41. The molecule has 0 bridgehead atoms. The Bertz CT molecular complexity index is 1120. The number of urea groups is 1. The number of hydroxylamine groups is 2. The number of fused-ring (bicyclic) bond motifs is 1. The second-order valence-corrected chi connectivity index (χ2v) is 14.9. The van der Waals surface area contributed by atoms with E-state index in [4.69, 9.17) is 9.29 Å². The van der Waals surface area contributed by atoms with Crippen molar-refractivity contribution in [1.82, 2.24) is 21.0 Å². The largest absolute Gasteiger partial charge is 0.464 e.